The van der Waals surface area contributed by atoms with Crippen LogP contribution in [0, 0.1) is 0 Å². The number of hydrogen-bond acceptors (Lipinski definition) is 8. The van der Waals surface area contributed by atoms with Crippen molar-refractivity contribution in [1.29, 1.82) is 0 Å². The van der Waals surface area contributed by atoms with Crippen LogP contribution < -0.4 is 16.8 Å². The van der Waals surface area contributed by atoms with Crippen molar-refractivity contribution in [2.45, 2.75) is 36.7 Å². The number of nitrogens with two attached hydrogens (primary N) is 2. The van der Waals surface area contributed by atoms with Gasteiger partial charge in [0.05, 0.1) is 0 Å². The van der Waals surface area contributed by atoms with Crippen LogP contribution in [0.3, 0.4) is 0 Å². The number of nitrogens with zero attached hydrogens (tertiary/aromatic N) is 1. The molecule has 0 aromatic carbocycles. The fourth-order valence-electron chi connectivity index (χ4n) is 2.80. The number of carboxylic acids is 2. The first kappa shape index (κ1) is 21.5. The van der Waals surface area contributed by atoms with Gasteiger partial charge in [0, 0.05) is 17.7 Å². The number of carboxylic acid groups (broad SMARTS) is 2. The SMILES string of the molecule is NC(=O)OCC1=C(C(=O)O)N2C(=O)[C@@H](NC(=O)CCC[C@H](N)C(=O)O)[C@H]2SC1. The van der Waals surface area contributed by atoms with Gasteiger partial charge in [-0.3, -0.25) is 19.3 Å². The Labute approximate surface area is 163 Å². The maximum Gasteiger partial charge on any atom is 0.404 e. The summed E-state index contributed by atoms with van der Waals surface area (Å²) in [7, 11) is 0. The molecule has 0 radical (unpaired) electrons. The summed E-state index contributed by atoms with van der Waals surface area (Å²) in [5.74, 6) is -3.38. The zero-order valence-corrected chi connectivity index (χ0v) is 15.4. The predicted octanol–water partition coefficient (Wildman–Crippen LogP) is -1.60. The summed E-state index contributed by atoms with van der Waals surface area (Å²) in [6.07, 6.45) is -0.731. The number of carbonyl (C=O) groups excluding carboxylic acids is 3. The van der Waals surface area contributed by atoms with E-state index in [0.717, 1.165) is 4.90 Å². The molecule has 1 saturated heterocycles. The van der Waals surface area contributed by atoms with E-state index >= 15 is 0 Å². The van der Waals surface area contributed by atoms with Crippen LogP contribution in [0.5, 0.6) is 0 Å². The molecule has 1 fully saturated rings. The lowest BCUT2D eigenvalue weighted by atomic mass is 10.0. The fourth-order valence-corrected chi connectivity index (χ4v) is 4.13. The van der Waals surface area contributed by atoms with Crippen LogP contribution in [0.1, 0.15) is 19.3 Å². The third kappa shape index (κ3) is 4.72. The highest BCUT2D eigenvalue weighted by atomic mass is 32.2. The van der Waals surface area contributed by atoms with Gasteiger partial charge >= 0.3 is 18.0 Å². The van der Waals surface area contributed by atoms with Crippen LogP contribution in [0.2, 0.25) is 0 Å². The van der Waals surface area contributed by atoms with Gasteiger partial charge < -0.3 is 31.7 Å². The summed E-state index contributed by atoms with van der Waals surface area (Å²) in [6, 6.07) is -1.95. The second kappa shape index (κ2) is 8.93. The maximum absolute atomic E-state index is 12.4. The van der Waals surface area contributed by atoms with E-state index in [9.17, 15) is 29.1 Å². The van der Waals surface area contributed by atoms with Gasteiger partial charge in [-0.1, -0.05) is 0 Å². The molecule has 12 nitrogen and oxygen atoms in total. The monoisotopic (exact) mass is 416 g/mol. The van der Waals surface area contributed by atoms with E-state index in [1.807, 2.05) is 0 Å². The molecule has 13 heteroatoms. The van der Waals surface area contributed by atoms with Gasteiger partial charge in [0.2, 0.25) is 5.91 Å². The van der Waals surface area contributed by atoms with Crippen molar-refractivity contribution in [3.05, 3.63) is 11.3 Å². The van der Waals surface area contributed by atoms with Gasteiger partial charge in [-0.05, 0) is 12.8 Å². The molecule has 2 aliphatic heterocycles. The number of aliphatic carboxylic acids is 2. The minimum atomic E-state index is -1.35. The zero-order valence-electron chi connectivity index (χ0n) is 14.6. The summed E-state index contributed by atoms with van der Waals surface area (Å²) in [6.45, 7) is -0.346. The first-order valence-corrected chi connectivity index (χ1v) is 9.28. The zero-order chi connectivity index (χ0) is 21.0. The lowest BCUT2D eigenvalue weighted by Crippen LogP contribution is -2.70. The molecule has 3 amide bonds. The van der Waals surface area contributed by atoms with Crippen molar-refractivity contribution >= 4 is 41.6 Å². The van der Waals surface area contributed by atoms with Gasteiger partial charge in [0.15, 0.2) is 0 Å². The third-order valence-electron chi connectivity index (χ3n) is 4.19. The molecule has 2 aliphatic rings. The topological polar surface area (TPSA) is 202 Å². The molecule has 0 aliphatic carbocycles. The average molecular weight is 416 g/mol. The lowest BCUT2D eigenvalue weighted by Gasteiger charge is -2.49. The Morgan fingerprint density at radius 2 is 2.00 bits per heavy atom. The van der Waals surface area contributed by atoms with Crippen LogP contribution in [0.15, 0.2) is 11.3 Å². The largest absolute Gasteiger partial charge is 0.480 e. The predicted molar refractivity (Wildman–Crippen MR) is 94.7 cm³/mol. The fraction of sp³-hybridized carbons (Fsp3) is 0.533. The van der Waals surface area contributed by atoms with E-state index < -0.39 is 47.3 Å². The van der Waals surface area contributed by atoms with Crippen molar-refractivity contribution in [3.8, 4) is 0 Å². The number of rotatable bonds is 9. The number of amides is 3. The van der Waals surface area contributed by atoms with Crippen molar-refractivity contribution in [3.63, 3.8) is 0 Å². The van der Waals surface area contributed by atoms with Crippen molar-refractivity contribution in [2.24, 2.45) is 11.5 Å². The van der Waals surface area contributed by atoms with Crippen LogP contribution in [-0.2, 0) is 23.9 Å². The molecule has 2 heterocycles. The number of carbonyl (C=O) groups is 5. The maximum atomic E-state index is 12.4. The Morgan fingerprint density at radius 3 is 2.57 bits per heavy atom. The summed E-state index contributed by atoms with van der Waals surface area (Å²) in [5, 5.41) is 20.0. The van der Waals surface area contributed by atoms with Crippen LogP contribution in [0.25, 0.3) is 0 Å². The van der Waals surface area contributed by atoms with Crippen molar-refractivity contribution < 1.29 is 38.9 Å². The molecule has 28 heavy (non-hydrogen) atoms. The van der Waals surface area contributed by atoms with Gasteiger partial charge in [-0.2, -0.15) is 0 Å². The average Bonchev–Trinajstić information content (AvgIpc) is 2.62. The van der Waals surface area contributed by atoms with Gasteiger partial charge in [0.25, 0.3) is 5.91 Å². The Kier molecular flexibility index (Phi) is 6.85. The summed E-state index contributed by atoms with van der Waals surface area (Å²) >= 11 is 1.22. The van der Waals surface area contributed by atoms with Crippen molar-refractivity contribution in [1.82, 2.24) is 10.2 Å². The Morgan fingerprint density at radius 1 is 1.32 bits per heavy atom. The minimum absolute atomic E-state index is 0.0124. The van der Waals surface area contributed by atoms with Crippen LogP contribution >= 0.6 is 11.8 Å². The molecule has 0 saturated carbocycles. The third-order valence-corrected chi connectivity index (χ3v) is 5.53. The second-order valence-electron chi connectivity index (χ2n) is 6.16. The summed E-state index contributed by atoms with van der Waals surface area (Å²) < 4.78 is 4.62. The highest BCUT2D eigenvalue weighted by Gasteiger charge is 2.54. The van der Waals surface area contributed by atoms with E-state index in [4.69, 9.17) is 16.6 Å². The Bertz CT molecular complexity index is 740. The number of fused-ring (bicyclic) bond motifs is 1. The molecule has 0 aromatic rings. The number of ether oxygens (including phenoxy) is 1. The standard InChI is InChI=1S/C15H20N4O8S/c16-7(13(22)23)2-1-3-8(20)18-9-11(21)19-10(14(24)25)6(4-27-15(17)26)5-28-12(9)19/h7,9,12H,1-5,16H2,(H2,17,26)(H,18,20)(H,22,23)(H,24,25)/t7-,9+,12+/m0/s1. The normalized spacial score (nSPS) is 22.0. The van der Waals surface area contributed by atoms with E-state index in [1.54, 1.807) is 0 Å². The Balaban J connectivity index is 1.96. The first-order valence-electron chi connectivity index (χ1n) is 8.23. The first-order chi connectivity index (χ1) is 13.1. The molecular weight excluding hydrogens is 396 g/mol. The smallest absolute Gasteiger partial charge is 0.404 e. The number of primary amides is 1. The highest BCUT2D eigenvalue weighted by molar-refractivity contribution is 8.00. The highest BCUT2D eigenvalue weighted by Crippen LogP contribution is 2.40. The molecule has 3 atom stereocenters. The molecule has 154 valence electrons. The van der Waals surface area contributed by atoms with Crippen LogP contribution in [-0.4, -0.2) is 74.8 Å². The molecule has 0 unspecified atom stereocenters. The van der Waals surface area contributed by atoms with E-state index in [0.29, 0.717) is 0 Å². The summed E-state index contributed by atoms with van der Waals surface area (Å²) in [4.78, 5) is 58.3. The molecule has 0 spiro atoms. The van der Waals surface area contributed by atoms with Gasteiger partial charge in [-0.15, -0.1) is 11.8 Å². The Hall–Kier alpha value is -2.80. The van der Waals surface area contributed by atoms with E-state index in [2.05, 4.69) is 10.1 Å². The number of hydrogen-bond donors (Lipinski definition) is 5. The van der Waals surface area contributed by atoms with E-state index in [-0.39, 0.29) is 42.9 Å². The van der Waals surface area contributed by atoms with E-state index in [1.165, 1.54) is 11.8 Å². The number of β-lactam (4-membered cyclic amide) rings is 1. The van der Waals surface area contributed by atoms with Gasteiger partial charge in [-0.25, -0.2) is 9.59 Å². The molecule has 0 bridgehead atoms. The van der Waals surface area contributed by atoms with Crippen molar-refractivity contribution in [2.75, 3.05) is 12.4 Å². The molecular formula is C15H20N4O8S. The summed E-state index contributed by atoms with van der Waals surface area (Å²) in [5.41, 5.74) is 10.2. The molecule has 7 N–H and O–H groups in total. The molecule has 0 aromatic heterocycles. The lowest BCUT2D eigenvalue weighted by molar-refractivity contribution is -0.150. The molecule has 2 rings (SSSR count). The second-order valence-corrected chi connectivity index (χ2v) is 7.26. The number of nitrogens with one attached hydrogen (secondary N) is 1. The number of thioether (sulfide) groups is 1. The van der Waals surface area contributed by atoms with Crippen LogP contribution in [0.4, 0.5) is 4.79 Å². The minimum Gasteiger partial charge on any atom is -0.480 e. The van der Waals surface area contributed by atoms with Gasteiger partial charge in [0.1, 0.15) is 29.8 Å². The quantitative estimate of drug-likeness (QED) is 0.272.